The highest BCUT2D eigenvalue weighted by Gasteiger charge is 2.18. The molecule has 3 aromatic rings. The Morgan fingerprint density at radius 3 is 2.83 bits per heavy atom. The van der Waals surface area contributed by atoms with E-state index in [1.807, 2.05) is 31.3 Å². The van der Waals surface area contributed by atoms with Crippen LogP contribution in [-0.2, 0) is 18.4 Å². The molecule has 116 valence electrons. The second-order valence-corrected chi connectivity index (χ2v) is 5.20. The quantitative estimate of drug-likeness (QED) is 0.693. The summed E-state index contributed by atoms with van der Waals surface area (Å²) in [6.07, 6.45) is 1.22. The number of aromatic nitrogens is 2. The maximum absolute atomic E-state index is 13.5. The molecular formula is C18H16FN3O. The molecule has 0 aliphatic carbocycles. The molecule has 0 aliphatic rings. The molecule has 0 unspecified atom stereocenters. The van der Waals surface area contributed by atoms with E-state index in [-0.39, 0.29) is 12.5 Å². The number of aryl methyl sites for hydroxylation is 1. The van der Waals surface area contributed by atoms with Crippen molar-refractivity contribution in [3.8, 4) is 0 Å². The van der Waals surface area contributed by atoms with Crippen LogP contribution in [0.1, 0.15) is 5.69 Å². The van der Waals surface area contributed by atoms with Crippen LogP contribution >= 0.6 is 0 Å². The minimum Gasteiger partial charge on any atom is -0.303 e. The second-order valence-electron chi connectivity index (χ2n) is 5.20. The average Bonchev–Trinajstić information content (AvgIpc) is 2.88. The zero-order valence-corrected chi connectivity index (χ0v) is 12.7. The number of para-hydroxylation sites is 1. The summed E-state index contributed by atoms with van der Waals surface area (Å²) >= 11 is 0. The normalized spacial score (nSPS) is 10.7. The van der Waals surface area contributed by atoms with Crippen LogP contribution in [0.4, 0.5) is 10.1 Å². The Kier molecular flexibility index (Phi) is 3.93. The van der Waals surface area contributed by atoms with Gasteiger partial charge in [0.25, 0.3) is 5.91 Å². The van der Waals surface area contributed by atoms with E-state index in [9.17, 15) is 9.18 Å². The molecule has 0 aliphatic heterocycles. The Labute approximate surface area is 133 Å². The predicted octanol–water partition coefficient (Wildman–Crippen LogP) is 3.43. The smallest absolute Gasteiger partial charge is 0.250 e. The number of carbonyl (C=O) groups excluding carboxylic acids is 1. The fraction of sp³-hybridized carbons (Fsp3) is 0.111. The van der Waals surface area contributed by atoms with Gasteiger partial charge in [0.15, 0.2) is 0 Å². The van der Waals surface area contributed by atoms with Crippen LogP contribution in [0.3, 0.4) is 0 Å². The number of fused-ring (bicyclic) bond motifs is 1. The molecule has 5 heteroatoms. The maximum Gasteiger partial charge on any atom is 0.250 e. The van der Waals surface area contributed by atoms with Crippen molar-refractivity contribution < 1.29 is 9.18 Å². The zero-order valence-electron chi connectivity index (χ0n) is 12.7. The van der Waals surface area contributed by atoms with E-state index in [4.69, 9.17) is 0 Å². The Hall–Kier alpha value is -2.95. The van der Waals surface area contributed by atoms with Gasteiger partial charge in [0.05, 0.1) is 17.8 Å². The number of anilines is 1. The van der Waals surface area contributed by atoms with Gasteiger partial charge in [-0.3, -0.25) is 9.48 Å². The molecule has 0 spiro atoms. The number of rotatable bonds is 4. The number of hydrogen-bond donors (Lipinski definition) is 0. The minimum atomic E-state index is -0.393. The lowest BCUT2D eigenvalue weighted by Gasteiger charge is -2.20. The van der Waals surface area contributed by atoms with Crippen LogP contribution in [0, 0.1) is 5.82 Å². The fourth-order valence-corrected chi connectivity index (χ4v) is 2.61. The fourth-order valence-electron chi connectivity index (χ4n) is 2.61. The molecule has 0 atom stereocenters. The molecule has 0 radical (unpaired) electrons. The van der Waals surface area contributed by atoms with E-state index >= 15 is 0 Å². The standard InChI is InChI=1S/C18H16FN3O/c1-3-18(23)22(14-8-6-7-13(19)11-14)12-16-15-9-4-5-10-17(15)21(2)20-16/h3-11H,1,12H2,2H3. The molecule has 2 aromatic carbocycles. The first-order valence-corrected chi connectivity index (χ1v) is 7.20. The molecule has 3 rings (SSSR count). The third-order valence-corrected chi connectivity index (χ3v) is 3.70. The first kappa shape index (κ1) is 15.0. The Morgan fingerprint density at radius 1 is 1.30 bits per heavy atom. The number of hydrogen-bond acceptors (Lipinski definition) is 2. The highest BCUT2D eigenvalue weighted by molar-refractivity contribution is 6.01. The number of halogens is 1. The Bertz CT molecular complexity index is 885. The summed E-state index contributed by atoms with van der Waals surface area (Å²) in [5, 5.41) is 5.45. The van der Waals surface area contributed by atoms with Gasteiger partial charge >= 0.3 is 0 Å². The van der Waals surface area contributed by atoms with Gasteiger partial charge in [-0.2, -0.15) is 5.10 Å². The third-order valence-electron chi connectivity index (χ3n) is 3.70. The molecule has 1 amide bonds. The molecule has 23 heavy (non-hydrogen) atoms. The zero-order chi connectivity index (χ0) is 16.4. The summed E-state index contributed by atoms with van der Waals surface area (Å²) in [7, 11) is 1.85. The summed E-state index contributed by atoms with van der Waals surface area (Å²) in [6.45, 7) is 3.77. The molecule has 0 saturated heterocycles. The second kappa shape index (κ2) is 6.04. The molecule has 0 bridgehead atoms. The van der Waals surface area contributed by atoms with Crippen molar-refractivity contribution in [1.82, 2.24) is 9.78 Å². The van der Waals surface area contributed by atoms with Crippen molar-refractivity contribution in [2.45, 2.75) is 6.54 Å². The largest absolute Gasteiger partial charge is 0.303 e. The minimum absolute atomic E-state index is 0.246. The van der Waals surface area contributed by atoms with Gasteiger partial charge in [0.2, 0.25) is 0 Å². The molecule has 1 aromatic heterocycles. The van der Waals surface area contributed by atoms with Crippen molar-refractivity contribution in [2.75, 3.05) is 4.90 Å². The van der Waals surface area contributed by atoms with Crippen molar-refractivity contribution in [3.63, 3.8) is 0 Å². The van der Waals surface area contributed by atoms with Crippen LogP contribution < -0.4 is 4.90 Å². The van der Waals surface area contributed by atoms with Crippen molar-refractivity contribution in [3.05, 3.63) is 72.7 Å². The van der Waals surface area contributed by atoms with Crippen molar-refractivity contribution in [2.24, 2.45) is 7.05 Å². The van der Waals surface area contributed by atoms with Crippen LogP contribution in [0.15, 0.2) is 61.2 Å². The highest BCUT2D eigenvalue weighted by atomic mass is 19.1. The summed E-state index contributed by atoms with van der Waals surface area (Å²) in [5.74, 6) is -0.694. The molecule has 1 heterocycles. The number of benzene rings is 2. The van der Waals surface area contributed by atoms with E-state index in [0.29, 0.717) is 5.69 Å². The molecule has 0 N–H and O–H groups in total. The number of carbonyl (C=O) groups is 1. The van der Waals surface area contributed by atoms with E-state index in [1.54, 1.807) is 16.8 Å². The van der Waals surface area contributed by atoms with Crippen LogP contribution in [0.2, 0.25) is 0 Å². The summed E-state index contributed by atoms with van der Waals surface area (Å²) in [4.78, 5) is 13.7. The summed E-state index contributed by atoms with van der Waals surface area (Å²) < 4.78 is 15.3. The van der Waals surface area contributed by atoms with Gasteiger partial charge in [-0.15, -0.1) is 0 Å². The van der Waals surface area contributed by atoms with Gasteiger partial charge in [0.1, 0.15) is 5.82 Å². The lowest BCUT2D eigenvalue weighted by atomic mass is 10.2. The van der Waals surface area contributed by atoms with Gasteiger partial charge in [-0.25, -0.2) is 4.39 Å². The van der Waals surface area contributed by atoms with Crippen molar-refractivity contribution >= 4 is 22.5 Å². The van der Waals surface area contributed by atoms with E-state index in [1.165, 1.54) is 23.1 Å². The molecular weight excluding hydrogens is 293 g/mol. The topological polar surface area (TPSA) is 38.1 Å². The van der Waals surface area contributed by atoms with Crippen molar-refractivity contribution in [1.29, 1.82) is 0 Å². The highest BCUT2D eigenvalue weighted by Crippen LogP contribution is 2.23. The molecule has 0 fully saturated rings. The van der Waals surface area contributed by atoms with Crippen LogP contribution in [0.25, 0.3) is 10.9 Å². The first-order valence-electron chi connectivity index (χ1n) is 7.20. The average molecular weight is 309 g/mol. The monoisotopic (exact) mass is 309 g/mol. The van der Waals surface area contributed by atoms with Gasteiger partial charge in [0, 0.05) is 18.1 Å². The maximum atomic E-state index is 13.5. The SMILES string of the molecule is C=CC(=O)N(Cc1nn(C)c2ccccc12)c1cccc(F)c1. The van der Waals surface area contributed by atoms with Crippen LogP contribution in [0.5, 0.6) is 0 Å². The van der Waals surface area contributed by atoms with Crippen LogP contribution in [-0.4, -0.2) is 15.7 Å². The summed E-state index contributed by atoms with van der Waals surface area (Å²) in [5.41, 5.74) is 2.21. The molecule has 0 saturated carbocycles. The summed E-state index contributed by atoms with van der Waals surface area (Å²) in [6, 6.07) is 13.7. The van der Waals surface area contributed by atoms with Gasteiger partial charge < -0.3 is 4.90 Å². The predicted molar refractivity (Wildman–Crippen MR) is 88.5 cm³/mol. The van der Waals surface area contributed by atoms with E-state index < -0.39 is 5.82 Å². The van der Waals surface area contributed by atoms with E-state index in [0.717, 1.165) is 16.6 Å². The van der Waals surface area contributed by atoms with E-state index in [2.05, 4.69) is 11.7 Å². The first-order chi connectivity index (χ1) is 11.1. The van der Waals surface area contributed by atoms with Gasteiger partial charge in [-0.05, 0) is 30.3 Å². The third kappa shape index (κ3) is 2.85. The Morgan fingerprint density at radius 2 is 2.09 bits per heavy atom. The molecule has 4 nitrogen and oxygen atoms in total. The Balaban J connectivity index is 2.04. The number of amides is 1. The number of nitrogens with zero attached hydrogens (tertiary/aromatic N) is 3. The van der Waals surface area contributed by atoms with Gasteiger partial charge in [-0.1, -0.05) is 30.8 Å². The lowest BCUT2D eigenvalue weighted by Crippen LogP contribution is -2.29. The lowest BCUT2D eigenvalue weighted by molar-refractivity contribution is -0.114.